The molecule has 3 heterocycles. The molecule has 0 aliphatic carbocycles. The summed E-state index contributed by atoms with van der Waals surface area (Å²) in [6.07, 6.45) is 0. The summed E-state index contributed by atoms with van der Waals surface area (Å²) in [6.45, 7) is 12.6. The van der Waals surface area contributed by atoms with Crippen LogP contribution in [0.4, 0.5) is 10.9 Å². The number of nitrogen functional groups attached to an aromatic ring is 1. The third-order valence-corrected chi connectivity index (χ3v) is 5.91. The first kappa shape index (κ1) is 19.6. The van der Waals surface area contributed by atoms with Gasteiger partial charge in [-0.05, 0) is 44.4 Å². The van der Waals surface area contributed by atoms with E-state index >= 15 is 0 Å². The minimum Gasteiger partial charge on any atom is -0.491 e. The standard InChI is InChI=1S/C21H26N6OS/c1-11(2)17-13(4)23-14(5)24-19(17)27-6-7-28-18-12(3)8-15(9-16(18)10-27)20-25-26-21(22)29-20/h8-9,11H,6-7,10H2,1-5H3,(H2,22,26). The van der Waals surface area contributed by atoms with Crippen LogP contribution in [0.15, 0.2) is 12.1 Å². The van der Waals surface area contributed by atoms with Crippen LogP contribution in [0, 0.1) is 20.8 Å². The molecule has 0 atom stereocenters. The molecule has 0 fully saturated rings. The molecule has 0 amide bonds. The Morgan fingerprint density at radius 3 is 2.62 bits per heavy atom. The van der Waals surface area contributed by atoms with E-state index in [1.807, 2.05) is 6.92 Å². The van der Waals surface area contributed by atoms with Crippen LogP contribution in [0.2, 0.25) is 0 Å². The summed E-state index contributed by atoms with van der Waals surface area (Å²) < 4.78 is 6.15. The molecule has 7 nitrogen and oxygen atoms in total. The number of benzene rings is 1. The molecule has 3 aromatic rings. The van der Waals surface area contributed by atoms with Gasteiger partial charge in [0.15, 0.2) is 0 Å². The molecule has 1 aromatic carbocycles. The number of nitrogens with zero attached hydrogens (tertiary/aromatic N) is 5. The van der Waals surface area contributed by atoms with Gasteiger partial charge in [0.25, 0.3) is 0 Å². The van der Waals surface area contributed by atoms with Crippen LogP contribution in [0.25, 0.3) is 10.6 Å². The predicted molar refractivity (Wildman–Crippen MR) is 117 cm³/mol. The van der Waals surface area contributed by atoms with Crippen molar-refractivity contribution in [3.05, 3.63) is 40.3 Å². The molecule has 152 valence electrons. The van der Waals surface area contributed by atoms with E-state index < -0.39 is 0 Å². The normalized spacial score (nSPS) is 13.9. The van der Waals surface area contributed by atoms with Gasteiger partial charge in [-0.15, -0.1) is 10.2 Å². The van der Waals surface area contributed by atoms with E-state index in [1.54, 1.807) is 0 Å². The molecule has 29 heavy (non-hydrogen) atoms. The summed E-state index contributed by atoms with van der Waals surface area (Å²) in [5, 5.41) is 9.45. The highest BCUT2D eigenvalue weighted by Gasteiger charge is 2.24. The van der Waals surface area contributed by atoms with E-state index in [1.165, 1.54) is 16.9 Å². The van der Waals surface area contributed by atoms with Crippen LogP contribution in [0.3, 0.4) is 0 Å². The van der Waals surface area contributed by atoms with Gasteiger partial charge >= 0.3 is 0 Å². The minimum absolute atomic E-state index is 0.340. The highest BCUT2D eigenvalue weighted by Crippen LogP contribution is 2.36. The molecule has 1 aliphatic rings. The van der Waals surface area contributed by atoms with Crippen molar-refractivity contribution in [2.75, 3.05) is 23.8 Å². The number of rotatable bonds is 3. The van der Waals surface area contributed by atoms with E-state index in [-0.39, 0.29) is 0 Å². The van der Waals surface area contributed by atoms with Crippen LogP contribution >= 0.6 is 11.3 Å². The third-order valence-electron chi connectivity index (χ3n) is 5.11. The number of nitrogens with two attached hydrogens (primary N) is 1. The summed E-state index contributed by atoms with van der Waals surface area (Å²) in [5.41, 5.74) is 11.3. The molecule has 2 N–H and O–H groups in total. The monoisotopic (exact) mass is 410 g/mol. The lowest BCUT2D eigenvalue weighted by Crippen LogP contribution is -2.28. The first-order chi connectivity index (χ1) is 13.8. The second kappa shape index (κ2) is 7.59. The van der Waals surface area contributed by atoms with Gasteiger partial charge in [-0.1, -0.05) is 25.2 Å². The Kier molecular flexibility index (Phi) is 5.12. The number of hydrogen-bond acceptors (Lipinski definition) is 8. The zero-order valence-electron chi connectivity index (χ0n) is 17.5. The molecule has 2 aromatic heterocycles. The Labute approximate surface area is 175 Å². The Morgan fingerprint density at radius 1 is 1.14 bits per heavy atom. The van der Waals surface area contributed by atoms with Crippen LogP contribution in [-0.2, 0) is 6.54 Å². The second-order valence-corrected chi connectivity index (χ2v) is 8.75. The number of hydrogen-bond donors (Lipinski definition) is 1. The van der Waals surface area contributed by atoms with Gasteiger partial charge in [0.2, 0.25) is 5.13 Å². The van der Waals surface area contributed by atoms with Crippen molar-refractivity contribution in [1.29, 1.82) is 0 Å². The van der Waals surface area contributed by atoms with Gasteiger partial charge in [-0.3, -0.25) is 0 Å². The van der Waals surface area contributed by atoms with E-state index in [0.29, 0.717) is 24.2 Å². The third kappa shape index (κ3) is 3.76. The molecule has 8 heteroatoms. The maximum Gasteiger partial charge on any atom is 0.203 e. The smallest absolute Gasteiger partial charge is 0.203 e. The number of anilines is 2. The lowest BCUT2D eigenvalue weighted by atomic mass is 10.0. The SMILES string of the molecule is Cc1nc(C)c(C(C)C)c(N2CCOc3c(C)cc(-c4nnc(N)s4)cc3C2)n1. The van der Waals surface area contributed by atoms with Gasteiger partial charge in [0.1, 0.15) is 29.0 Å². The second-order valence-electron chi connectivity index (χ2n) is 7.75. The highest BCUT2D eigenvalue weighted by atomic mass is 32.1. The van der Waals surface area contributed by atoms with Crippen LogP contribution < -0.4 is 15.4 Å². The number of ether oxygens (including phenoxy) is 1. The van der Waals surface area contributed by atoms with Crippen molar-refractivity contribution in [2.45, 2.75) is 47.1 Å². The molecule has 0 unspecified atom stereocenters. The molecule has 0 bridgehead atoms. The highest BCUT2D eigenvalue weighted by molar-refractivity contribution is 7.18. The lowest BCUT2D eigenvalue weighted by molar-refractivity contribution is 0.329. The fourth-order valence-electron chi connectivity index (χ4n) is 3.99. The summed E-state index contributed by atoms with van der Waals surface area (Å²) in [4.78, 5) is 11.7. The maximum absolute atomic E-state index is 6.15. The summed E-state index contributed by atoms with van der Waals surface area (Å²) >= 11 is 1.39. The van der Waals surface area contributed by atoms with Crippen molar-refractivity contribution < 1.29 is 4.74 Å². The molecule has 0 radical (unpaired) electrons. The summed E-state index contributed by atoms with van der Waals surface area (Å²) in [6, 6.07) is 4.23. The van der Waals surface area contributed by atoms with Crippen LogP contribution in [0.1, 0.15) is 48.0 Å². The average molecular weight is 411 g/mol. The van der Waals surface area contributed by atoms with Crippen molar-refractivity contribution in [1.82, 2.24) is 20.2 Å². The van der Waals surface area contributed by atoms with Crippen molar-refractivity contribution in [2.24, 2.45) is 0 Å². The molecular formula is C21H26N6OS. The summed E-state index contributed by atoms with van der Waals surface area (Å²) in [7, 11) is 0. The molecular weight excluding hydrogens is 384 g/mol. The minimum atomic E-state index is 0.340. The largest absolute Gasteiger partial charge is 0.491 e. The van der Waals surface area contributed by atoms with Crippen LogP contribution in [-0.4, -0.2) is 33.3 Å². The molecule has 0 saturated heterocycles. The van der Waals surface area contributed by atoms with Crippen LogP contribution in [0.5, 0.6) is 5.75 Å². The number of aromatic nitrogens is 4. The van der Waals surface area contributed by atoms with E-state index in [9.17, 15) is 0 Å². The van der Waals surface area contributed by atoms with Gasteiger partial charge in [0, 0.05) is 28.9 Å². The Hall–Kier alpha value is -2.74. The Morgan fingerprint density at radius 2 is 1.93 bits per heavy atom. The number of fused-ring (bicyclic) bond motifs is 1. The van der Waals surface area contributed by atoms with E-state index in [4.69, 9.17) is 15.5 Å². The van der Waals surface area contributed by atoms with Crippen molar-refractivity contribution in [3.8, 4) is 16.3 Å². The van der Waals surface area contributed by atoms with Gasteiger partial charge in [-0.25, -0.2) is 9.97 Å². The quantitative estimate of drug-likeness (QED) is 0.697. The Bertz CT molecular complexity index is 1060. The van der Waals surface area contributed by atoms with E-state index in [0.717, 1.165) is 51.3 Å². The van der Waals surface area contributed by atoms with Crippen molar-refractivity contribution >= 4 is 22.3 Å². The summed E-state index contributed by atoms with van der Waals surface area (Å²) in [5.74, 6) is 3.08. The van der Waals surface area contributed by atoms with E-state index in [2.05, 4.69) is 59.9 Å². The molecule has 4 rings (SSSR count). The lowest BCUT2D eigenvalue weighted by Gasteiger charge is -2.26. The predicted octanol–water partition coefficient (Wildman–Crippen LogP) is 4.02. The maximum atomic E-state index is 6.15. The number of aryl methyl sites for hydroxylation is 3. The van der Waals surface area contributed by atoms with Gasteiger partial charge < -0.3 is 15.4 Å². The fourth-order valence-corrected chi connectivity index (χ4v) is 4.59. The molecule has 1 aliphatic heterocycles. The van der Waals surface area contributed by atoms with Gasteiger partial charge in [0.05, 0.1) is 6.54 Å². The average Bonchev–Trinajstić information content (AvgIpc) is 2.95. The van der Waals surface area contributed by atoms with Crippen molar-refractivity contribution in [3.63, 3.8) is 0 Å². The Balaban J connectivity index is 1.78. The zero-order valence-corrected chi connectivity index (χ0v) is 18.3. The first-order valence-electron chi connectivity index (χ1n) is 9.79. The zero-order chi connectivity index (χ0) is 20.7. The molecule has 0 spiro atoms. The van der Waals surface area contributed by atoms with Gasteiger partial charge in [-0.2, -0.15) is 0 Å². The topological polar surface area (TPSA) is 90.0 Å². The first-order valence-corrected chi connectivity index (χ1v) is 10.6. The molecule has 0 saturated carbocycles. The fraction of sp³-hybridized carbons (Fsp3) is 0.429.